The molecule has 0 aliphatic heterocycles. The van der Waals surface area contributed by atoms with Gasteiger partial charge in [-0.2, -0.15) is 0 Å². The Hall–Kier alpha value is -1.77. The maximum absolute atomic E-state index is 12.0. The van der Waals surface area contributed by atoms with E-state index in [4.69, 9.17) is 4.42 Å². The summed E-state index contributed by atoms with van der Waals surface area (Å²) in [5.41, 5.74) is 0.866. The first-order valence-corrected chi connectivity index (χ1v) is 6.26. The van der Waals surface area contributed by atoms with Crippen LogP contribution in [0, 0.1) is 5.92 Å². The van der Waals surface area contributed by atoms with Crippen molar-refractivity contribution in [3.63, 3.8) is 0 Å². The van der Waals surface area contributed by atoms with E-state index in [0.717, 1.165) is 16.7 Å². The predicted molar refractivity (Wildman–Crippen MR) is 72.2 cm³/mol. The maximum atomic E-state index is 12.0. The van der Waals surface area contributed by atoms with Crippen LogP contribution in [0.2, 0.25) is 0 Å². The molecule has 0 radical (unpaired) electrons. The molecule has 0 aliphatic rings. The number of para-hydroxylation sites is 1. The van der Waals surface area contributed by atoms with Gasteiger partial charge in [0, 0.05) is 18.4 Å². The van der Waals surface area contributed by atoms with Crippen molar-refractivity contribution in [1.29, 1.82) is 0 Å². The second kappa shape index (κ2) is 4.84. The van der Waals surface area contributed by atoms with E-state index in [-0.39, 0.29) is 17.9 Å². The average Bonchev–Trinajstić information content (AvgIpc) is 2.79. The van der Waals surface area contributed by atoms with Crippen LogP contribution in [0.5, 0.6) is 0 Å². The van der Waals surface area contributed by atoms with Crippen molar-refractivity contribution in [2.24, 2.45) is 5.92 Å². The fraction of sp³-hybridized carbons (Fsp3) is 0.400. The van der Waals surface area contributed by atoms with Crippen molar-refractivity contribution in [3.05, 3.63) is 36.1 Å². The molecule has 1 aromatic carbocycles. The molecule has 1 heterocycles. The summed E-state index contributed by atoms with van der Waals surface area (Å²) in [6.07, 6.45) is 0. The first-order valence-electron chi connectivity index (χ1n) is 6.26. The second-order valence-electron chi connectivity index (χ2n) is 4.97. The fourth-order valence-electron chi connectivity index (χ4n) is 2.00. The van der Waals surface area contributed by atoms with Gasteiger partial charge in [-0.05, 0) is 19.1 Å². The first kappa shape index (κ1) is 12.7. The molecule has 0 bridgehead atoms. The lowest BCUT2D eigenvalue weighted by Gasteiger charge is -2.25. The lowest BCUT2D eigenvalue weighted by atomic mass is 10.1. The van der Waals surface area contributed by atoms with Gasteiger partial charge in [0.2, 0.25) is 5.91 Å². The minimum absolute atomic E-state index is 0.00169. The van der Waals surface area contributed by atoms with Crippen molar-refractivity contribution in [2.75, 3.05) is 7.05 Å². The predicted octanol–water partition coefficient (Wildman–Crippen LogP) is 3.61. The molecule has 1 unspecified atom stereocenters. The highest BCUT2D eigenvalue weighted by Crippen LogP contribution is 2.27. The average molecular weight is 245 g/mol. The van der Waals surface area contributed by atoms with E-state index < -0.39 is 0 Å². The molecule has 1 aromatic heterocycles. The summed E-state index contributed by atoms with van der Waals surface area (Å²) in [6.45, 7) is 5.80. The largest absolute Gasteiger partial charge is 0.459 e. The minimum Gasteiger partial charge on any atom is -0.459 e. The Morgan fingerprint density at radius 2 is 1.89 bits per heavy atom. The summed E-state index contributed by atoms with van der Waals surface area (Å²) in [7, 11) is 1.82. The molecule has 1 amide bonds. The zero-order valence-corrected chi connectivity index (χ0v) is 11.3. The van der Waals surface area contributed by atoms with Crippen LogP contribution in [0.3, 0.4) is 0 Å². The zero-order valence-electron chi connectivity index (χ0n) is 11.3. The van der Waals surface area contributed by atoms with Crippen LogP contribution in [0.25, 0.3) is 11.0 Å². The van der Waals surface area contributed by atoms with Crippen LogP contribution in [0.4, 0.5) is 0 Å². The van der Waals surface area contributed by atoms with E-state index in [0.29, 0.717) is 0 Å². The van der Waals surface area contributed by atoms with Crippen molar-refractivity contribution >= 4 is 16.9 Å². The van der Waals surface area contributed by atoms with Crippen molar-refractivity contribution in [1.82, 2.24) is 4.90 Å². The monoisotopic (exact) mass is 245 g/mol. The normalized spacial score (nSPS) is 12.9. The summed E-state index contributed by atoms with van der Waals surface area (Å²) >= 11 is 0. The quantitative estimate of drug-likeness (QED) is 0.827. The number of carbonyl (C=O) groups excluding carboxylic acids is 1. The standard InChI is InChI=1S/C15H19NO2/c1-10(2)15(17)16(4)11(3)14-9-12-7-5-6-8-13(12)18-14/h5-11H,1-4H3. The Labute approximate surface area is 107 Å². The number of furan rings is 1. The van der Waals surface area contributed by atoms with Crippen LogP contribution < -0.4 is 0 Å². The van der Waals surface area contributed by atoms with Gasteiger partial charge < -0.3 is 9.32 Å². The van der Waals surface area contributed by atoms with Gasteiger partial charge in [-0.15, -0.1) is 0 Å². The van der Waals surface area contributed by atoms with E-state index in [1.807, 2.05) is 58.2 Å². The first-order chi connectivity index (χ1) is 8.50. The number of benzene rings is 1. The lowest BCUT2D eigenvalue weighted by Crippen LogP contribution is -2.32. The molecule has 96 valence electrons. The zero-order chi connectivity index (χ0) is 13.3. The van der Waals surface area contributed by atoms with Gasteiger partial charge in [0.15, 0.2) is 0 Å². The molecule has 0 aliphatic carbocycles. The van der Waals surface area contributed by atoms with Gasteiger partial charge in [0.05, 0.1) is 6.04 Å². The van der Waals surface area contributed by atoms with Crippen LogP contribution in [-0.4, -0.2) is 17.9 Å². The summed E-state index contributed by atoms with van der Waals surface area (Å²) in [5, 5.41) is 1.07. The van der Waals surface area contributed by atoms with Gasteiger partial charge in [0.1, 0.15) is 11.3 Å². The summed E-state index contributed by atoms with van der Waals surface area (Å²) in [4.78, 5) is 13.7. The van der Waals surface area contributed by atoms with Crippen molar-refractivity contribution in [2.45, 2.75) is 26.8 Å². The molecule has 0 spiro atoms. The highest BCUT2D eigenvalue weighted by Gasteiger charge is 2.22. The molecule has 0 saturated carbocycles. The number of hydrogen-bond donors (Lipinski definition) is 0. The van der Waals surface area contributed by atoms with Gasteiger partial charge in [-0.25, -0.2) is 0 Å². The number of fused-ring (bicyclic) bond motifs is 1. The molecule has 0 N–H and O–H groups in total. The Balaban J connectivity index is 2.27. The van der Waals surface area contributed by atoms with Crippen LogP contribution >= 0.6 is 0 Å². The van der Waals surface area contributed by atoms with Gasteiger partial charge in [-0.3, -0.25) is 4.79 Å². The number of amides is 1. The van der Waals surface area contributed by atoms with E-state index >= 15 is 0 Å². The Morgan fingerprint density at radius 1 is 1.22 bits per heavy atom. The number of hydrogen-bond acceptors (Lipinski definition) is 2. The number of nitrogens with zero attached hydrogens (tertiary/aromatic N) is 1. The molecule has 3 heteroatoms. The molecule has 1 atom stereocenters. The smallest absolute Gasteiger partial charge is 0.225 e. The Morgan fingerprint density at radius 3 is 2.50 bits per heavy atom. The number of rotatable bonds is 3. The van der Waals surface area contributed by atoms with E-state index in [1.165, 1.54) is 0 Å². The lowest BCUT2D eigenvalue weighted by molar-refractivity contribution is -0.135. The van der Waals surface area contributed by atoms with Crippen LogP contribution in [-0.2, 0) is 4.79 Å². The van der Waals surface area contributed by atoms with Crippen LogP contribution in [0.15, 0.2) is 34.7 Å². The summed E-state index contributed by atoms with van der Waals surface area (Å²) in [6, 6.07) is 9.84. The molecular weight excluding hydrogens is 226 g/mol. The molecule has 0 fully saturated rings. The van der Waals surface area contributed by atoms with E-state index in [9.17, 15) is 4.79 Å². The third-order valence-corrected chi connectivity index (χ3v) is 3.28. The topological polar surface area (TPSA) is 33.5 Å². The van der Waals surface area contributed by atoms with Crippen molar-refractivity contribution in [3.8, 4) is 0 Å². The fourth-order valence-corrected chi connectivity index (χ4v) is 2.00. The van der Waals surface area contributed by atoms with Crippen LogP contribution in [0.1, 0.15) is 32.6 Å². The molecule has 2 aromatic rings. The van der Waals surface area contributed by atoms with Gasteiger partial charge in [0.25, 0.3) is 0 Å². The summed E-state index contributed by atoms with van der Waals surface area (Å²) < 4.78 is 5.79. The van der Waals surface area contributed by atoms with Gasteiger partial charge >= 0.3 is 0 Å². The molecular formula is C15H19NO2. The molecule has 0 saturated heterocycles. The Kier molecular flexibility index (Phi) is 3.41. The highest BCUT2D eigenvalue weighted by atomic mass is 16.3. The van der Waals surface area contributed by atoms with E-state index in [2.05, 4.69) is 0 Å². The molecule has 2 rings (SSSR count). The molecule has 18 heavy (non-hydrogen) atoms. The molecule has 3 nitrogen and oxygen atoms in total. The highest BCUT2D eigenvalue weighted by molar-refractivity contribution is 5.80. The van der Waals surface area contributed by atoms with E-state index in [1.54, 1.807) is 4.90 Å². The van der Waals surface area contributed by atoms with Gasteiger partial charge in [-0.1, -0.05) is 32.0 Å². The maximum Gasteiger partial charge on any atom is 0.225 e. The minimum atomic E-state index is -0.0488. The van der Waals surface area contributed by atoms with Crippen molar-refractivity contribution < 1.29 is 9.21 Å². The third-order valence-electron chi connectivity index (χ3n) is 3.28. The Bertz CT molecular complexity index is 523. The second-order valence-corrected chi connectivity index (χ2v) is 4.97. The number of carbonyl (C=O) groups is 1. The third kappa shape index (κ3) is 2.26. The summed E-state index contributed by atoms with van der Waals surface area (Å²) in [5.74, 6) is 0.956. The SMILES string of the molecule is CC(C)C(=O)N(C)C(C)c1cc2ccccc2o1.